The number of aryl methyl sites for hydroxylation is 3. The molecule has 0 amide bonds. The Morgan fingerprint density at radius 2 is 2.00 bits per heavy atom. The van der Waals surface area contributed by atoms with Crippen LogP contribution in [-0.2, 0) is 20.0 Å². The lowest BCUT2D eigenvalue weighted by atomic mass is 10.1. The van der Waals surface area contributed by atoms with Crippen LogP contribution in [0, 0.1) is 13.8 Å². The van der Waals surface area contributed by atoms with Gasteiger partial charge in [0.25, 0.3) is 0 Å². The number of aliphatic imine (C=N–C) groups is 1. The molecule has 0 saturated heterocycles. The standard InChI is InChI=1S/C19H27Cl2N5/c1-5-22-19(24-12-17-13(2)25-26(4)14(17)3)23-10-6-7-15-8-9-16(20)11-18(15)21/h8-9,11H,5-7,10,12H2,1-4H3,(H2,22,23,24). The summed E-state index contributed by atoms with van der Waals surface area (Å²) in [5.74, 6) is 0.817. The summed E-state index contributed by atoms with van der Waals surface area (Å²) < 4.78 is 1.90. The molecule has 0 bridgehead atoms. The van der Waals surface area contributed by atoms with Crippen molar-refractivity contribution >= 4 is 29.2 Å². The number of benzene rings is 1. The molecule has 0 radical (unpaired) electrons. The number of nitrogens with zero attached hydrogens (tertiary/aromatic N) is 3. The number of aromatic nitrogens is 2. The van der Waals surface area contributed by atoms with Crippen molar-refractivity contribution in [2.75, 3.05) is 13.1 Å². The minimum atomic E-state index is 0.615. The highest BCUT2D eigenvalue weighted by atomic mass is 35.5. The van der Waals surface area contributed by atoms with E-state index in [4.69, 9.17) is 23.2 Å². The van der Waals surface area contributed by atoms with Crippen LogP contribution in [0.3, 0.4) is 0 Å². The van der Waals surface area contributed by atoms with Crippen molar-refractivity contribution in [3.8, 4) is 0 Å². The van der Waals surface area contributed by atoms with Crippen molar-refractivity contribution < 1.29 is 0 Å². The Morgan fingerprint density at radius 3 is 2.62 bits per heavy atom. The summed E-state index contributed by atoms with van der Waals surface area (Å²) in [5, 5.41) is 12.5. The molecule has 5 nitrogen and oxygen atoms in total. The van der Waals surface area contributed by atoms with Gasteiger partial charge in [0, 0.05) is 41.4 Å². The summed E-state index contributed by atoms with van der Waals surface area (Å²) in [6, 6.07) is 5.65. The lowest BCUT2D eigenvalue weighted by Gasteiger charge is -2.12. The topological polar surface area (TPSA) is 54.2 Å². The van der Waals surface area contributed by atoms with Crippen LogP contribution in [0.15, 0.2) is 23.2 Å². The number of nitrogens with one attached hydrogen (secondary N) is 2. The second-order valence-corrected chi connectivity index (χ2v) is 7.08. The van der Waals surface area contributed by atoms with Gasteiger partial charge in [-0.3, -0.25) is 4.68 Å². The van der Waals surface area contributed by atoms with E-state index in [9.17, 15) is 0 Å². The molecular weight excluding hydrogens is 369 g/mol. The average Bonchev–Trinajstić information content (AvgIpc) is 2.83. The number of hydrogen-bond donors (Lipinski definition) is 2. The highest BCUT2D eigenvalue weighted by Gasteiger charge is 2.09. The van der Waals surface area contributed by atoms with Crippen LogP contribution in [0.5, 0.6) is 0 Å². The summed E-state index contributed by atoms with van der Waals surface area (Å²) in [5.41, 5.74) is 4.47. The summed E-state index contributed by atoms with van der Waals surface area (Å²) in [4.78, 5) is 4.69. The Balaban J connectivity index is 1.89. The van der Waals surface area contributed by atoms with Crippen molar-refractivity contribution in [3.63, 3.8) is 0 Å². The van der Waals surface area contributed by atoms with Crippen LogP contribution in [0.25, 0.3) is 0 Å². The quantitative estimate of drug-likeness (QED) is 0.422. The van der Waals surface area contributed by atoms with Gasteiger partial charge in [-0.05, 0) is 51.3 Å². The molecule has 1 aromatic heterocycles. The van der Waals surface area contributed by atoms with E-state index in [1.54, 1.807) is 6.07 Å². The maximum Gasteiger partial charge on any atom is 0.191 e. The zero-order valence-corrected chi connectivity index (χ0v) is 17.4. The molecular formula is C19H27Cl2N5. The monoisotopic (exact) mass is 395 g/mol. The molecule has 142 valence electrons. The molecule has 0 aliphatic carbocycles. The smallest absolute Gasteiger partial charge is 0.191 e. The second-order valence-electron chi connectivity index (χ2n) is 6.23. The molecule has 0 aliphatic heterocycles. The maximum absolute atomic E-state index is 6.22. The average molecular weight is 396 g/mol. The fourth-order valence-electron chi connectivity index (χ4n) is 2.76. The lowest BCUT2D eigenvalue weighted by Crippen LogP contribution is -2.37. The zero-order chi connectivity index (χ0) is 19.1. The predicted octanol–water partition coefficient (Wildman–Crippen LogP) is 4.03. The van der Waals surface area contributed by atoms with E-state index in [1.165, 1.54) is 5.56 Å². The molecule has 2 aromatic rings. The molecule has 0 atom stereocenters. The van der Waals surface area contributed by atoms with Gasteiger partial charge in [-0.25, -0.2) is 4.99 Å². The minimum Gasteiger partial charge on any atom is -0.357 e. The molecule has 2 N–H and O–H groups in total. The molecule has 1 heterocycles. The van der Waals surface area contributed by atoms with Gasteiger partial charge >= 0.3 is 0 Å². The number of halogens is 2. The molecule has 7 heteroatoms. The van der Waals surface area contributed by atoms with Gasteiger partial charge in [0.1, 0.15) is 0 Å². The summed E-state index contributed by atoms with van der Waals surface area (Å²) in [6.45, 7) is 8.40. The largest absolute Gasteiger partial charge is 0.357 e. The molecule has 0 saturated carbocycles. The van der Waals surface area contributed by atoms with E-state index in [0.717, 1.165) is 53.9 Å². The van der Waals surface area contributed by atoms with Gasteiger partial charge in [0.05, 0.1) is 12.2 Å². The first-order valence-electron chi connectivity index (χ1n) is 8.87. The molecule has 2 rings (SSSR count). The Kier molecular flexibility index (Phi) is 7.79. The van der Waals surface area contributed by atoms with Crippen molar-refractivity contribution in [1.29, 1.82) is 0 Å². The molecule has 26 heavy (non-hydrogen) atoms. The van der Waals surface area contributed by atoms with Crippen LogP contribution in [0.1, 0.15) is 35.9 Å². The number of rotatable bonds is 7. The van der Waals surface area contributed by atoms with Gasteiger partial charge in [-0.15, -0.1) is 0 Å². The maximum atomic E-state index is 6.22. The molecule has 0 fully saturated rings. The fraction of sp³-hybridized carbons (Fsp3) is 0.474. The highest BCUT2D eigenvalue weighted by molar-refractivity contribution is 6.35. The summed E-state index contributed by atoms with van der Waals surface area (Å²) >= 11 is 12.2. The number of hydrogen-bond acceptors (Lipinski definition) is 2. The van der Waals surface area contributed by atoms with Gasteiger partial charge in [0.15, 0.2) is 5.96 Å². The highest BCUT2D eigenvalue weighted by Crippen LogP contribution is 2.21. The van der Waals surface area contributed by atoms with Crippen LogP contribution in [0.2, 0.25) is 10.0 Å². The van der Waals surface area contributed by atoms with E-state index in [1.807, 2.05) is 30.8 Å². The van der Waals surface area contributed by atoms with Crippen LogP contribution in [-0.4, -0.2) is 28.8 Å². The van der Waals surface area contributed by atoms with Gasteiger partial charge < -0.3 is 10.6 Å². The van der Waals surface area contributed by atoms with E-state index < -0.39 is 0 Å². The minimum absolute atomic E-state index is 0.615. The van der Waals surface area contributed by atoms with E-state index >= 15 is 0 Å². The Labute approximate surface area is 165 Å². The Morgan fingerprint density at radius 1 is 1.23 bits per heavy atom. The number of guanidine groups is 1. The van der Waals surface area contributed by atoms with Crippen molar-refractivity contribution in [2.24, 2.45) is 12.0 Å². The van der Waals surface area contributed by atoms with Crippen LogP contribution >= 0.6 is 23.2 Å². The third-order valence-electron chi connectivity index (χ3n) is 4.33. The van der Waals surface area contributed by atoms with Gasteiger partial charge in [-0.1, -0.05) is 29.3 Å². The first kappa shape index (κ1) is 20.6. The van der Waals surface area contributed by atoms with Crippen molar-refractivity contribution in [2.45, 2.75) is 40.2 Å². The normalized spacial score (nSPS) is 11.7. The van der Waals surface area contributed by atoms with E-state index in [0.29, 0.717) is 11.6 Å². The summed E-state index contributed by atoms with van der Waals surface area (Å²) in [6.07, 6.45) is 1.85. The third-order valence-corrected chi connectivity index (χ3v) is 4.92. The third kappa shape index (κ3) is 5.64. The van der Waals surface area contributed by atoms with Crippen LogP contribution in [0.4, 0.5) is 0 Å². The molecule has 1 aromatic carbocycles. The van der Waals surface area contributed by atoms with Crippen LogP contribution < -0.4 is 10.6 Å². The SMILES string of the molecule is CCNC(=NCc1c(C)nn(C)c1C)NCCCc1ccc(Cl)cc1Cl. The Bertz CT molecular complexity index is 768. The molecule has 0 aliphatic rings. The molecule has 0 spiro atoms. The van der Waals surface area contributed by atoms with Gasteiger partial charge in [-0.2, -0.15) is 5.10 Å². The van der Waals surface area contributed by atoms with E-state index in [2.05, 4.69) is 34.6 Å². The predicted molar refractivity (Wildman–Crippen MR) is 110 cm³/mol. The van der Waals surface area contributed by atoms with E-state index in [-0.39, 0.29) is 0 Å². The van der Waals surface area contributed by atoms with Crippen molar-refractivity contribution in [1.82, 2.24) is 20.4 Å². The van der Waals surface area contributed by atoms with Crippen molar-refractivity contribution in [3.05, 3.63) is 50.8 Å². The Hall–Kier alpha value is -1.72. The fourth-order valence-corrected chi connectivity index (χ4v) is 3.26. The lowest BCUT2D eigenvalue weighted by molar-refractivity contribution is 0.729. The molecule has 0 unspecified atom stereocenters. The summed E-state index contributed by atoms with van der Waals surface area (Å²) in [7, 11) is 1.96. The van der Waals surface area contributed by atoms with Gasteiger partial charge in [0.2, 0.25) is 0 Å². The zero-order valence-electron chi connectivity index (χ0n) is 15.9. The second kappa shape index (κ2) is 9.83. The first-order chi connectivity index (χ1) is 12.4. The first-order valence-corrected chi connectivity index (χ1v) is 9.63.